The van der Waals surface area contributed by atoms with Gasteiger partial charge in [0.05, 0.1) is 0 Å². The number of hydrogen-bond acceptors (Lipinski definition) is 2. The highest BCUT2D eigenvalue weighted by molar-refractivity contribution is 8.14. The van der Waals surface area contributed by atoms with Crippen LogP contribution in [-0.2, 0) is 0 Å². The van der Waals surface area contributed by atoms with Crippen molar-refractivity contribution in [1.82, 2.24) is 0 Å². The summed E-state index contributed by atoms with van der Waals surface area (Å²) in [5.41, 5.74) is 0.441. The molecule has 0 aromatic heterocycles. The lowest BCUT2D eigenvalue weighted by Crippen LogP contribution is -2.21. The summed E-state index contributed by atoms with van der Waals surface area (Å²) in [6.45, 7) is 1.56. The predicted octanol–water partition coefficient (Wildman–Crippen LogP) is 2.60. The smallest absolute Gasteiger partial charge is 0.242 e. The quantitative estimate of drug-likeness (QED) is 0.559. The van der Waals surface area contributed by atoms with E-state index in [1.165, 1.54) is 0 Å². The van der Waals surface area contributed by atoms with Crippen molar-refractivity contribution in [3.05, 3.63) is 11.8 Å². The molecule has 0 bridgehead atoms. The van der Waals surface area contributed by atoms with Crippen molar-refractivity contribution in [3.8, 4) is 0 Å². The van der Waals surface area contributed by atoms with Crippen molar-refractivity contribution in [1.29, 1.82) is 0 Å². The van der Waals surface area contributed by atoms with E-state index in [0.29, 0.717) is 11.4 Å². The maximum absolute atomic E-state index is 11.9. The molecule has 1 rings (SSSR count). The van der Waals surface area contributed by atoms with E-state index in [-0.39, 0.29) is 0 Å². The summed E-state index contributed by atoms with van der Waals surface area (Å²) >= 11 is 0.722. The highest BCUT2D eigenvalue weighted by Gasteiger charge is 2.36. The van der Waals surface area contributed by atoms with Crippen molar-refractivity contribution in [2.75, 3.05) is 5.75 Å². The molecular weight excluding hydrogens is 175 g/mol. The molecule has 1 aliphatic heterocycles. The third-order valence-electron chi connectivity index (χ3n) is 1.12. The number of rotatable bonds is 0. The Hall–Kier alpha value is -0.450. The third-order valence-corrected chi connectivity index (χ3v) is 2.05. The van der Waals surface area contributed by atoms with Crippen LogP contribution in [0.3, 0.4) is 0 Å². The standard InChI is InChI=1S/C6H6F3NS/c1-4-2-3-11-5(10-4)6(7,8)9/h2H,3H2,1H3. The Labute approximate surface area is 66.4 Å². The van der Waals surface area contributed by atoms with E-state index in [4.69, 9.17) is 0 Å². The van der Waals surface area contributed by atoms with Gasteiger partial charge in [0, 0.05) is 11.4 Å². The molecule has 0 amide bonds. The zero-order valence-corrected chi connectivity index (χ0v) is 6.59. The maximum Gasteiger partial charge on any atom is 0.439 e. The molecule has 0 saturated carbocycles. The average Bonchev–Trinajstić information content (AvgIpc) is 1.86. The minimum Gasteiger partial charge on any atom is -0.242 e. The first-order chi connectivity index (χ1) is 5.00. The van der Waals surface area contributed by atoms with Gasteiger partial charge in [-0.3, -0.25) is 0 Å². The molecule has 1 aliphatic rings. The molecule has 0 fully saturated rings. The number of aliphatic imine (C=N–C) groups is 1. The second-order valence-corrected chi connectivity index (χ2v) is 3.08. The maximum atomic E-state index is 11.9. The summed E-state index contributed by atoms with van der Waals surface area (Å²) in [5, 5.41) is -0.738. The number of hydrogen-bond donors (Lipinski definition) is 0. The van der Waals surface area contributed by atoms with Crippen LogP contribution in [0, 0.1) is 0 Å². The third kappa shape index (κ3) is 2.25. The molecule has 62 valence electrons. The Morgan fingerprint density at radius 1 is 1.55 bits per heavy atom. The molecule has 0 spiro atoms. The first kappa shape index (κ1) is 8.64. The van der Waals surface area contributed by atoms with Crippen LogP contribution in [0.15, 0.2) is 16.8 Å². The summed E-state index contributed by atoms with van der Waals surface area (Å²) in [5.74, 6) is 0.365. The fourth-order valence-corrected chi connectivity index (χ4v) is 1.48. The zero-order chi connectivity index (χ0) is 8.48. The van der Waals surface area contributed by atoms with Crippen LogP contribution in [0.5, 0.6) is 0 Å². The molecule has 11 heavy (non-hydrogen) atoms. The van der Waals surface area contributed by atoms with Crippen LogP contribution in [0.1, 0.15) is 6.92 Å². The fourth-order valence-electron chi connectivity index (χ4n) is 0.625. The van der Waals surface area contributed by atoms with Crippen LogP contribution in [0.4, 0.5) is 13.2 Å². The molecule has 0 saturated heterocycles. The highest BCUT2D eigenvalue weighted by atomic mass is 32.2. The highest BCUT2D eigenvalue weighted by Crippen LogP contribution is 2.28. The minimum absolute atomic E-state index is 0.365. The first-order valence-electron chi connectivity index (χ1n) is 2.95. The van der Waals surface area contributed by atoms with E-state index in [0.717, 1.165) is 11.8 Å². The van der Waals surface area contributed by atoms with E-state index in [1.807, 2.05) is 0 Å². The van der Waals surface area contributed by atoms with Gasteiger partial charge in [-0.1, -0.05) is 17.8 Å². The molecule has 0 aromatic carbocycles. The van der Waals surface area contributed by atoms with Gasteiger partial charge in [0.25, 0.3) is 0 Å². The predicted molar refractivity (Wildman–Crippen MR) is 39.7 cm³/mol. The Morgan fingerprint density at radius 2 is 2.18 bits per heavy atom. The Bertz CT molecular complexity index is 216. The lowest BCUT2D eigenvalue weighted by atomic mass is 10.4. The number of nitrogens with zero attached hydrogens (tertiary/aromatic N) is 1. The number of thioether (sulfide) groups is 1. The summed E-state index contributed by atoms with van der Waals surface area (Å²) in [6.07, 6.45) is -2.61. The molecule has 5 heteroatoms. The molecule has 0 atom stereocenters. The Morgan fingerprint density at radius 3 is 2.55 bits per heavy atom. The second-order valence-electron chi connectivity index (χ2n) is 2.07. The van der Waals surface area contributed by atoms with Gasteiger partial charge in [0.15, 0.2) is 5.04 Å². The molecule has 0 N–H and O–H groups in total. The van der Waals surface area contributed by atoms with E-state index in [1.54, 1.807) is 13.0 Å². The molecule has 1 nitrogen and oxygen atoms in total. The monoisotopic (exact) mass is 181 g/mol. The Balaban J connectivity index is 2.82. The zero-order valence-electron chi connectivity index (χ0n) is 5.77. The number of alkyl halides is 3. The topological polar surface area (TPSA) is 12.4 Å². The Kier molecular flexibility index (Phi) is 2.27. The van der Waals surface area contributed by atoms with Crippen LogP contribution >= 0.6 is 11.8 Å². The summed E-state index contributed by atoms with van der Waals surface area (Å²) < 4.78 is 35.8. The number of halogens is 3. The van der Waals surface area contributed by atoms with Crippen molar-refractivity contribution >= 4 is 16.8 Å². The van der Waals surface area contributed by atoms with Gasteiger partial charge in [0.2, 0.25) is 0 Å². The largest absolute Gasteiger partial charge is 0.439 e. The van der Waals surface area contributed by atoms with Crippen LogP contribution in [0.25, 0.3) is 0 Å². The van der Waals surface area contributed by atoms with Gasteiger partial charge in [-0.25, -0.2) is 4.99 Å². The van der Waals surface area contributed by atoms with E-state index < -0.39 is 11.2 Å². The molecule has 0 unspecified atom stereocenters. The molecular formula is C6H6F3NS. The summed E-state index contributed by atoms with van der Waals surface area (Å²) in [6, 6.07) is 0. The lowest BCUT2D eigenvalue weighted by molar-refractivity contribution is -0.0555. The van der Waals surface area contributed by atoms with Crippen molar-refractivity contribution < 1.29 is 13.2 Å². The summed E-state index contributed by atoms with van der Waals surface area (Å²) in [4.78, 5) is 3.37. The second kappa shape index (κ2) is 2.89. The normalized spacial score (nSPS) is 19.3. The van der Waals surface area contributed by atoms with Gasteiger partial charge in [-0.2, -0.15) is 13.2 Å². The molecule has 0 radical (unpaired) electrons. The van der Waals surface area contributed by atoms with E-state index in [9.17, 15) is 13.2 Å². The fraction of sp³-hybridized carbons (Fsp3) is 0.500. The van der Waals surface area contributed by atoms with E-state index in [2.05, 4.69) is 4.99 Å². The minimum atomic E-state index is -4.28. The average molecular weight is 181 g/mol. The summed E-state index contributed by atoms with van der Waals surface area (Å²) in [7, 11) is 0. The van der Waals surface area contributed by atoms with Gasteiger partial charge < -0.3 is 0 Å². The van der Waals surface area contributed by atoms with Gasteiger partial charge in [-0.05, 0) is 6.92 Å². The van der Waals surface area contributed by atoms with Crippen molar-refractivity contribution in [2.45, 2.75) is 13.1 Å². The van der Waals surface area contributed by atoms with Crippen molar-refractivity contribution in [3.63, 3.8) is 0 Å². The van der Waals surface area contributed by atoms with Crippen LogP contribution < -0.4 is 0 Å². The lowest BCUT2D eigenvalue weighted by Gasteiger charge is -2.12. The van der Waals surface area contributed by atoms with Crippen LogP contribution in [0.2, 0.25) is 0 Å². The van der Waals surface area contributed by atoms with Gasteiger partial charge >= 0.3 is 6.18 Å². The molecule has 0 aromatic rings. The molecule has 1 heterocycles. The van der Waals surface area contributed by atoms with E-state index >= 15 is 0 Å². The van der Waals surface area contributed by atoms with Gasteiger partial charge in [0.1, 0.15) is 0 Å². The van der Waals surface area contributed by atoms with Crippen molar-refractivity contribution in [2.24, 2.45) is 4.99 Å². The number of allylic oxidation sites excluding steroid dienone is 1. The SMILES string of the molecule is CC1=CCSC(C(F)(F)F)=N1. The van der Waals surface area contributed by atoms with Crippen LogP contribution in [-0.4, -0.2) is 17.0 Å². The first-order valence-corrected chi connectivity index (χ1v) is 3.94. The van der Waals surface area contributed by atoms with Gasteiger partial charge in [-0.15, -0.1) is 0 Å². The molecule has 0 aliphatic carbocycles.